The predicted octanol–water partition coefficient (Wildman–Crippen LogP) is 2.76. The predicted molar refractivity (Wildman–Crippen MR) is 106 cm³/mol. The van der Waals surface area contributed by atoms with Crippen molar-refractivity contribution in [2.45, 2.75) is 62.0 Å². The molecule has 3 atom stereocenters. The van der Waals surface area contributed by atoms with Gasteiger partial charge in [-0.1, -0.05) is 19.1 Å². The van der Waals surface area contributed by atoms with Crippen molar-refractivity contribution in [1.82, 2.24) is 14.6 Å². The minimum absolute atomic E-state index is 0.00733. The summed E-state index contributed by atoms with van der Waals surface area (Å²) in [4.78, 5) is 16.7. The van der Waals surface area contributed by atoms with Gasteiger partial charge < -0.3 is 5.32 Å². The molecule has 0 spiro atoms. The van der Waals surface area contributed by atoms with Crippen LogP contribution in [0, 0.1) is 0 Å². The van der Waals surface area contributed by atoms with Gasteiger partial charge in [0.25, 0.3) is 5.91 Å². The van der Waals surface area contributed by atoms with E-state index in [9.17, 15) is 13.2 Å². The SMILES string of the molecule is CCc1ccc(S(=O)(=O)N2[C@@H]3CC[C@H]2CC(NC(=O)c2ccncc2)C3)cc1. The van der Waals surface area contributed by atoms with Crippen molar-refractivity contribution < 1.29 is 13.2 Å². The maximum atomic E-state index is 13.2. The number of sulfonamides is 1. The van der Waals surface area contributed by atoms with Gasteiger partial charge in [0.15, 0.2) is 0 Å². The van der Waals surface area contributed by atoms with Gasteiger partial charge in [0.1, 0.15) is 0 Å². The first-order valence-electron chi connectivity index (χ1n) is 9.82. The molecular weight excluding hydrogens is 374 g/mol. The highest BCUT2D eigenvalue weighted by Gasteiger charge is 2.47. The van der Waals surface area contributed by atoms with Crippen molar-refractivity contribution in [2.75, 3.05) is 0 Å². The third-order valence-corrected chi connectivity index (χ3v) is 7.87. The number of pyridine rings is 1. The van der Waals surface area contributed by atoms with Crippen LogP contribution in [0.2, 0.25) is 0 Å². The number of rotatable bonds is 5. The lowest BCUT2D eigenvalue weighted by Gasteiger charge is -2.38. The molecule has 2 bridgehead atoms. The van der Waals surface area contributed by atoms with E-state index in [0.29, 0.717) is 23.3 Å². The van der Waals surface area contributed by atoms with Crippen LogP contribution in [0.1, 0.15) is 48.5 Å². The van der Waals surface area contributed by atoms with E-state index >= 15 is 0 Å². The maximum Gasteiger partial charge on any atom is 0.251 e. The second-order valence-electron chi connectivity index (χ2n) is 7.60. The van der Waals surface area contributed by atoms with Gasteiger partial charge in [0, 0.05) is 36.1 Å². The van der Waals surface area contributed by atoms with E-state index in [-0.39, 0.29) is 24.0 Å². The molecule has 148 valence electrons. The van der Waals surface area contributed by atoms with E-state index in [4.69, 9.17) is 0 Å². The Kier molecular flexibility index (Phi) is 5.21. The van der Waals surface area contributed by atoms with Gasteiger partial charge in [-0.05, 0) is 61.9 Å². The molecule has 2 aromatic rings. The molecule has 2 aliphatic rings. The molecule has 2 aliphatic heterocycles. The van der Waals surface area contributed by atoms with Crippen molar-refractivity contribution in [3.63, 3.8) is 0 Å². The number of carbonyl (C=O) groups is 1. The summed E-state index contributed by atoms with van der Waals surface area (Å²) in [5, 5.41) is 3.07. The van der Waals surface area contributed by atoms with Crippen molar-refractivity contribution in [3.05, 3.63) is 59.9 Å². The minimum atomic E-state index is -3.51. The Labute approximate surface area is 166 Å². The molecule has 2 saturated heterocycles. The zero-order valence-corrected chi connectivity index (χ0v) is 16.7. The number of hydrogen-bond donors (Lipinski definition) is 1. The van der Waals surface area contributed by atoms with E-state index < -0.39 is 10.0 Å². The maximum absolute atomic E-state index is 13.2. The smallest absolute Gasteiger partial charge is 0.251 e. The van der Waals surface area contributed by atoms with Crippen molar-refractivity contribution in [1.29, 1.82) is 0 Å². The summed E-state index contributed by atoms with van der Waals surface area (Å²) in [6.07, 6.45) is 7.07. The Morgan fingerprint density at radius 3 is 2.25 bits per heavy atom. The minimum Gasteiger partial charge on any atom is -0.349 e. The molecular formula is C21H25N3O3S. The number of hydrogen-bond acceptors (Lipinski definition) is 4. The summed E-state index contributed by atoms with van der Waals surface area (Å²) in [7, 11) is -3.51. The number of benzene rings is 1. The first-order valence-corrected chi connectivity index (χ1v) is 11.3. The molecule has 3 heterocycles. The summed E-state index contributed by atoms with van der Waals surface area (Å²) in [6, 6.07) is 10.4. The second-order valence-corrected chi connectivity index (χ2v) is 9.44. The standard InChI is InChI=1S/C21H25N3O3S/c1-2-15-3-7-20(8-4-15)28(26,27)24-18-5-6-19(24)14-17(13-18)23-21(25)16-9-11-22-12-10-16/h3-4,7-12,17-19H,2,5-6,13-14H2,1H3,(H,23,25)/t17?,18-,19+. The Balaban J connectivity index is 1.48. The van der Waals surface area contributed by atoms with Gasteiger partial charge in [-0.15, -0.1) is 0 Å². The Morgan fingerprint density at radius 2 is 1.68 bits per heavy atom. The Hall–Kier alpha value is -2.25. The zero-order chi connectivity index (χ0) is 19.7. The van der Waals surface area contributed by atoms with E-state index in [2.05, 4.69) is 17.2 Å². The third-order valence-electron chi connectivity index (χ3n) is 5.85. The molecule has 1 N–H and O–H groups in total. The largest absolute Gasteiger partial charge is 0.349 e. The summed E-state index contributed by atoms with van der Waals surface area (Å²) < 4.78 is 28.2. The summed E-state index contributed by atoms with van der Waals surface area (Å²) >= 11 is 0. The van der Waals surface area contributed by atoms with Gasteiger partial charge in [-0.25, -0.2) is 8.42 Å². The normalized spacial score (nSPS) is 24.8. The Bertz CT molecular complexity index is 931. The number of fused-ring (bicyclic) bond motifs is 2. The van der Waals surface area contributed by atoms with Crippen LogP contribution in [0.4, 0.5) is 0 Å². The number of piperidine rings is 1. The van der Waals surface area contributed by atoms with Gasteiger partial charge in [-0.3, -0.25) is 9.78 Å². The number of carbonyl (C=O) groups excluding carboxylic acids is 1. The fourth-order valence-electron chi connectivity index (χ4n) is 4.44. The molecule has 0 radical (unpaired) electrons. The molecule has 1 amide bonds. The molecule has 1 aromatic carbocycles. The second kappa shape index (κ2) is 7.64. The quantitative estimate of drug-likeness (QED) is 0.838. The average molecular weight is 400 g/mol. The molecule has 1 unspecified atom stereocenters. The monoisotopic (exact) mass is 399 g/mol. The summed E-state index contributed by atoms with van der Waals surface area (Å²) in [6.45, 7) is 2.05. The van der Waals surface area contributed by atoms with Gasteiger partial charge in [0.2, 0.25) is 10.0 Å². The van der Waals surface area contributed by atoms with Crippen LogP contribution < -0.4 is 5.32 Å². The molecule has 2 fully saturated rings. The summed E-state index contributed by atoms with van der Waals surface area (Å²) in [5.74, 6) is -0.127. The van der Waals surface area contributed by atoms with Crippen molar-refractivity contribution in [2.24, 2.45) is 0 Å². The molecule has 4 rings (SSSR count). The molecule has 28 heavy (non-hydrogen) atoms. The lowest BCUT2D eigenvalue weighted by Crippen LogP contribution is -2.52. The fraction of sp³-hybridized carbons (Fsp3) is 0.429. The Morgan fingerprint density at radius 1 is 1.07 bits per heavy atom. The molecule has 6 nitrogen and oxygen atoms in total. The molecule has 7 heteroatoms. The van der Waals surface area contributed by atoms with E-state index in [0.717, 1.165) is 24.8 Å². The summed E-state index contributed by atoms with van der Waals surface area (Å²) in [5.41, 5.74) is 1.70. The number of nitrogens with one attached hydrogen (secondary N) is 1. The van der Waals surface area contributed by atoms with Crippen LogP contribution in [0.25, 0.3) is 0 Å². The number of amides is 1. The highest BCUT2D eigenvalue weighted by molar-refractivity contribution is 7.89. The van der Waals surface area contributed by atoms with Crippen LogP contribution in [0.15, 0.2) is 53.7 Å². The van der Waals surface area contributed by atoms with Crippen molar-refractivity contribution in [3.8, 4) is 0 Å². The van der Waals surface area contributed by atoms with E-state index in [1.165, 1.54) is 0 Å². The van der Waals surface area contributed by atoms with Crippen LogP contribution >= 0.6 is 0 Å². The molecule has 0 saturated carbocycles. The van der Waals surface area contributed by atoms with Gasteiger partial charge in [-0.2, -0.15) is 4.31 Å². The number of aromatic nitrogens is 1. The first-order chi connectivity index (χ1) is 13.5. The lowest BCUT2D eigenvalue weighted by molar-refractivity contribution is 0.0909. The zero-order valence-electron chi connectivity index (χ0n) is 15.9. The average Bonchev–Trinajstić information content (AvgIpc) is 3.01. The van der Waals surface area contributed by atoms with Crippen LogP contribution in [-0.2, 0) is 16.4 Å². The van der Waals surface area contributed by atoms with Crippen LogP contribution in [-0.4, -0.2) is 41.7 Å². The highest BCUT2D eigenvalue weighted by atomic mass is 32.2. The lowest BCUT2D eigenvalue weighted by atomic mass is 9.99. The number of nitrogens with zero attached hydrogens (tertiary/aromatic N) is 2. The van der Waals surface area contributed by atoms with Gasteiger partial charge in [0.05, 0.1) is 4.90 Å². The van der Waals surface area contributed by atoms with E-state index in [1.54, 1.807) is 41.0 Å². The molecule has 1 aromatic heterocycles. The topological polar surface area (TPSA) is 79.4 Å². The number of aryl methyl sites for hydroxylation is 1. The van der Waals surface area contributed by atoms with Crippen LogP contribution in [0.5, 0.6) is 0 Å². The first kappa shape index (κ1) is 19.1. The van der Waals surface area contributed by atoms with Crippen LogP contribution in [0.3, 0.4) is 0 Å². The van der Waals surface area contributed by atoms with Gasteiger partial charge >= 0.3 is 0 Å². The molecule has 0 aliphatic carbocycles. The third kappa shape index (κ3) is 3.56. The van der Waals surface area contributed by atoms with Crippen molar-refractivity contribution >= 4 is 15.9 Å². The fourth-order valence-corrected chi connectivity index (χ4v) is 6.33. The highest BCUT2D eigenvalue weighted by Crippen LogP contribution is 2.39. The van der Waals surface area contributed by atoms with E-state index in [1.807, 2.05) is 12.1 Å².